The lowest BCUT2D eigenvalue weighted by molar-refractivity contribution is -0.384. The van der Waals surface area contributed by atoms with Gasteiger partial charge in [0, 0.05) is 22.3 Å². The van der Waals surface area contributed by atoms with E-state index >= 15 is 0 Å². The summed E-state index contributed by atoms with van der Waals surface area (Å²) in [6.07, 6.45) is 1.48. The van der Waals surface area contributed by atoms with E-state index in [1.54, 1.807) is 30.3 Å². The third-order valence-corrected chi connectivity index (χ3v) is 6.02. The Labute approximate surface area is 217 Å². The maximum Gasteiger partial charge on any atom is 0.269 e. The molecular weight excluding hydrogens is 526 g/mol. The van der Waals surface area contributed by atoms with Gasteiger partial charge in [-0.15, -0.1) is 0 Å². The van der Waals surface area contributed by atoms with Gasteiger partial charge < -0.3 is 14.8 Å². The summed E-state index contributed by atoms with van der Waals surface area (Å²) in [6.45, 7) is 6.30. The molecule has 0 heterocycles. The lowest BCUT2D eigenvalue weighted by atomic mass is 10.1. The van der Waals surface area contributed by atoms with Gasteiger partial charge in [-0.3, -0.25) is 14.9 Å². The highest BCUT2D eigenvalue weighted by molar-refractivity contribution is 9.10. The van der Waals surface area contributed by atoms with E-state index in [0.29, 0.717) is 33.8 Å². The van der Waals surface area contributed by atoms with Gasteiger partial charge in [0.1, 0.15) is 18.2 Å². The van der Waals surface area contributed by atoms with Crippen LogP contribution in [0.1, 0.15) is 29.2 Å². The first-order valence-corrected chi connectivity index (χ1v) is 11.8. The largest absolute Gasteiger partial charge is 0.490 e. The second-order valence-electron chi connectivity index (χ2n) is 7.89. The van der Waals surface area contributed by atoms with E-state index in [2.05, 4.69) is 21.2 Å². The molecule has 0 aromatic heterocycles. The second kappa shape index (κ2) is 12.0. The summed E-state index contributed by atoms with van der Waals surface area (Å²) in [4.78, 5) is 23.1. The molecule has 8 nitrogen and oxygen atoms in total. The van der Waals surface area contributed by atoms with Crippen molar-refractivity contribution in [2.24, 2.45) is 0 Å². The van der Waals surface area contributed by atoms with Crippen LogP contribution in [0.5, 0.6) is 11.5 Å². The number of non-ortho nitro benzene ring substituents is 1. The molecule has 0 atom stereocenters. The molecule has 0 saturated carbocycles. The average molecular weight is 550 g/mol. The number of amides is 1. The summed E-state index contributed by atoms with van der Waals surface area (Å²) in [7, 11) is 0. The number of halogens is 1. The molecule has 3 rings (SSSR count). The highest BCUT2D eigenvalue weighted by atomic mass is 79.9. The fourth-order valence-electron chi connectivity index (χ4n) is 3.24. The minimum atomic E-state index is -0.524. The van der Waals surface area contributed by atoms with E-state index in [9.17, 15) is 20.2 Å². The normalized spacial score (nSPS) is 10.9. The van der Waals surface area contributed by atoms with E-state index in [1.807, 2.05) is 39.0 Å². The quantitative estimate of drug-likeness (QED) is 0.141. The zero-order valence-corrected chi connectivity index (χ0v) is 21.6. The summed E-state index contributed by atoms with van der Waals surface area (Å²) < 4.78 is 12.2. The Morgan fingerprint density at radius 1 is 1.08 bits per heavy atom. The SMILES string of the molecule is CCOc1cc(/C=C(\C#N)C(=O)Nc2ccc(C)c(C)c2)c(Br)cc1OCc1ccc([N+](=O)[O-])cc1. The number of rotatable bonds is 9. The molecule has 1 N–H and O–H groups in total. The van der Waals surface area contributed by atoms with Crippen molar-refractivity contribution in [2.75, 3.05) is 11.9 Å². The molecule has 36 heavy (non-hydrogen) atoms. The van der Waals surface area contributed by atoms with E-state index in [1.165, 1.54) is 18.2 Å². The molecule has 3 aromatic carbocycles. The number of nitriles is 1. The topological polar surface area (TPSA) is 114 Å². The lowest BCUT2D eigenvalue weighted by Crippen LogP contribution is -2.13. The van der Waals surface area contributed by atoms with Crippen LogP contribution in [0.25, 0.3) is 6.08 Å². The summed E-state index contributed by atoms with van der Waals surface area (Å²) in [6, 6.07) is 16.9. The highest BCUT2D eigenvalue weighted by Gasteiger charge is 2.15. The number of nitrogens with zero attached hydrogens (tertiary/aromatic N) is 2. The number of carbonyl (C=O) groups is 1. The monoisotopic (exact) mass is 549 g/mol. The van der Waals surface area contributed by atoms with Crippen molar-refractivity contribution in [1.82, 2.24) is 0 Å². The van der Waals surface area contributed by atoms with Crippen LogP contribution in [0.3, 0.4) is 0 Å². The summed E-state index contributed by atoms with van der Waals surface area (Å²) in [5.41, 5.74) is 3.98. The number of hydrogen-bond acceptors (Lipinski definition) is 6. The maximum atomic E-state index is 12.7. The van der Waals surface area contributed by atoms with Crippen molar-refractivity contribution in [1.29, 1.82) is 5.26 Å². The van der Waals surface area contributed by atoms with Crippen molar-refractivity contribution in [3.63, 3.8) is 0 Å². The molecule has 3 aromatic rings. The van der Waals surface area contributed by atoms with Gasteiger partial charge in [-0.25, -0.2) is 0 Å². The van der Waals surface area contributed by atoms with Gasteiger partial charge in [-0.2, -0.15) is 5.26 Å². The summed E-state index contributed by atoms with van der Waals surface area (Å²) in [5, 5.41) is 23.2. The molecule has 0 radical (unpaired) electrons. The third kappa shape index (κ3) is 6.71. The van der Waals surface area contributed by atoms with Crippen LogP contribution in [0.2, 0.25) is 0 Å². The number of hydrogen-bond donors (Lipinski definition) is 1. The van der Waals surface area contributed by atoms with Gasteiger partial charge >= 0.3 is 0 Å². The molecular formula is C27H24BrN3O5. The third-order valence-electron chi connectivity index (χ3n) is 5.33. The van der Waals surface area contributed by atoms with E-state index in [4.69, 9.17) is 9.47 Å². The van der Waals surface area contributed by atoms with Crippen LogP contribution >= 0.6 is 15.9 Å². The zero-order valence-electron chi connectivity index (χ0n) is 20.0. The number of ether oxygens (including phenoxy) is 2. The number of nitrogens with one attached hydrogen (secondary N) is 1. The van der Waals surface area contributed by atoms with Crippen molar-refractivity contribution in [3.8, 4) is 17.6 Å². The minimum absolute atomic E-state index is 0.00230. The molecule has 0 fully saturated rings. The predicted octanol–water partition coefficient (Wildman–Crippen LogP) is 6.50. The number of carbonyl (C=O) groups excluding carboxylic acids is 1. The van der Waals surface area contributed by atoms with Crippen molar-refractivity contribution < 1.29 is 19.2 Å². The fourth-order valence-corrected chi connectivity index (χ4v) is 3.68. The van der Waals surface area contributed by atoms with E-state index in [0.717, 1.165) is 16.7 Å². The number of nitro groups is 1. The Kier molecular flexibility index (Phi) is 8.81. The zero-order chi connectivity index (χ0) is 26.2. The van der Waals surface area contributed by atoms with Crippen LogP contribution in [0.4, 0.5) is 11.4 Å². The molecule has 1 amide bonds. The minimum Gasteiger partial charge on any atom is -0.490 e. The van der Waals surface area contributed by atoms with Gasteiger partial charge in [-0.05, 0) is 85.5 Å². The first-order chi connectivity index (χ1) is 17.2. The fraction of sp³-hybridized carbons (Fsp3) is 0.185. The number of benzene rings is 3. The van der Waals surface area contributed by atoms with Gasteiger partial charge in [0.25, 0.3) is 11.6 Å². The molecule has 0 unspecified atom stereocenters. The molecule has 0 aliphatic heterocycles. The van der Waals surface area contributed by atoms with Crippen LogP contribution in [-0.2, 0) is 11.4 Å². The average Bonchev–Trinajstić information content (AvgIpc) is 2.85. The van der Waals surface area contributed by atoms with Crippen LogP contribution in [0, 0.1) is 35.3 Å². The Morgan fingerprint density at radius 2 is 1.78 bits per heavy atom. The predicted molar refractivity (Wildman–Crippen MR) is 141 cm³/mol. The molecule has 0 aliphatic rings. The van der Waals surface area contributed by atoms with Crippen molar-refractivity contribution in [2.45, 2.75) is 27.4 Å². The molecule has 0 aliphatic carbocycles. The first-order valence-electron chi connectivity index (χ1n) is 11.0. The Balaban J connectivity index is 1.82. The molecule has 9 heteroatoms. The Morgan fingerprint density at radius 3 is 2.39 bits per heavy atom. The maximum absolute atomic E-state index is 12.7. The van der Waals surface area contributed by atoms with Crippen LogP contribution in [-0.4, -0.2) is 17.4 Å². The smallest absolute Gasteiger partial charge is 0.269 e. The molecule has 184 valence electrons. The molecule has 0 spiro atoms. The first kappa shape index (κ1) is 26.4. The van der Waals surface area contributed by atoms with E-state index < -0.39 is 10.8 Å². The second-order valence-corrected chi connectivity index (χ2v) is 8.74. The number of anilines is 1. The lowest BCUT2D eigenvalue weighted by Gasteiger charge is -2.14. The standard InChI is InChI=1S/C27H24BrN3O5/c1-4-35-25-13-20(12-21(15-29)27(32)30-22-8-5-17(2)18(3)11-22)24(28)14-26(25)36-16-19-6-9-23(10-7-19)31(33)34/h5-14H,4,16H2,1-3H3,(H,30,32)/b21-12+. The Bertz CT molecular complexity index is 1360. The van der Waals surface area contributed by atoms with Crippen LogP contribution in [0.15, 0.2) is 64.6 Å². The van der Waals surface area contributed by atoms with Gasteiger partial charge in [0.05, 0.1) is 11.5 Å². The van der Waals surface area contributed by atoms with Crippen molar-refractivity contribution >= 4 is 39.3 Å². The molecule has 0 bridgehead atoms. The Hall–Kier alpha value is -4.16. The van der Waals surface area contributed by atoms with Gasteiger partial charge in [0.2, 0.25) is 0 Å². The highest BCUT2D eigenvalue weighted by Crippen LogP contribution is 2.35. The number of aryl methyl sites for hydroxylation is 2. The van der Waals surface area contributed by atoms with Gasteiger partial charge in [-0.1, -0.05) is 22.0 Å². The van der Waals surface area contributed by atoms with Crippen molar-refractivity contribution in [3.05, 3.63) is 97.0 Å². The summed E-state index contributed by atoms with van der Waals surface area (Å²) in [5.74, 6) is 0.349. The molecule has 0 saturated heterocycles. The number of nitro benzene ring substituents is 1. The van der Waals surface area contributed by atoms with E-state index in [-0.39, 0.29) is 17.9 Å². The van der Waals surface area contributed by atoms with Crippen LogP contribution < -0.4 is 14.8 Å². The summed E-state index contributed by atoms with van der Waals surface area (Å²) >= 11 is 3.48. The van der Waals surface area contributed by atoms with Gasteiger partial charge in [0.15, 0.2) is 11.5 Å².